The quantitative estimate of drug-likeness (QED) is 0.0910. The van der Waals surface area contributed by atoms with Gasteiger partial charge in [0.25, 0.3) is 12.2 Å². The van der Waals surface area contributed by atoms with Crippen molar-refractivity contribution >= 4 is 51.3 Å². The Hall–Kier alpha value is -3.04. The lowest BCUT2D eigenvalue weighted by Crippen LogP contribution is -3.00. The van der Waals surface area contributed by atoms with Crippen molar-refractivity contribution in [3.8, 4) is 0 Å². The Balaban J connectivity index is 0.00000221. The molecule has 4 aromatic rings. The summed E-state index contributed by atoms with van der Waals surface area (Å²) in [6.45, 7) is 4.75. The number of thiazole rings is 1. The second-order valence-corrected chi connectivity index (χ2v) is 12.7. The molecule has 14 heteroatoms. The molecule has 0 saturated carbocycles. The Kier molecular flexibility index (Phi) is 10.1. The molecule has 6 rings (SSSR count). The second kappa shape index (κ2) is 13.1. The standard InChI is InChI=1S/C30H29N5O5S2.2BrH/c1-16-22(25(30(39)40)35-24(16)23(17(2)36)27(35)38)21-14-34-15-33(28(41-3)29(34)42-21)12-19-7-4-6-18(10-19)11-32-9-5-8-20(13-32)26(31)37;;/h4-10,13-17,23-24,36H,11-12H2,1-3H3,(H-2,31,37,39,40);2*1H/t16-,17+,23+,24-;;/m0../s1. The summed E-state index contributed by atoms with van der Waals surface area (Å²) in [4.78, 5) is 39.8. The minimum Gasteiger partial charge on any atom is -1.00 e. The number of fused-ring (bicyclic) bond motifs is 2. The van der Waals surface area contributed by atoms with Crippen molar-refractivity contribution in [3.63, 3.8) is 0 Å². The van der Waals surface area contributed by atoms with E-state index in [4.69, 9.17) is 5.73 Å². The number of imidazole rings is 1. The summed E-state index contributed by atoms with van der Waals surface area (Å²) >= 11 is 3.13. The molecule has 4 atom stereocenters. The number of aliphatic hydroxyl groups is 1. The topological polar surface area (TPSA) is 134 Å². The Labute approximate surface area is 283 Å². The molecule has 0 unspecified atom stereocenters. The predicted molar refractivity (Wildman–Crippen MR) is 157 cm³/mol. The average Bonchev–Trinajstić information content (AvgIpc) is 3.55. The van der Waals surface area contributed by atoms with Gasteiger partial charge in [-0.25, -0.2) is 9.36 Å². The lowest BCUT2D eigenvalue weighted by atomic mass is 9.77. The van der Waals surface area contributed by atoms with Gasteiger partial charge in [0.2, 0.25) is 15.8 Å². The zero-order chi connectivity index (χ0) is 29.9. The molecule has 1 aromatic carbocycles. The molecule has 10 nitrogen and oxygen atoms in total. The predicted octanol–water partition coefficient (Wildman–Crippen LogP) is -3.85. The third kappa shape index (κ3) is 5.73. The van der Waals surface area contributed by atoms with E-state index in [1.807, 2.05) is 53.0 Å². The van der Waals surface area contributed by atoms with E-state index in [-0.39, 0.29) is 57.5 Å². The molecule has 0 aliphatic carbocycles. The normalized spacial score (nSPS) is 19.7. The van der Waals surface area contributed by atoms with Gasteiger partial charge in [-0.3, -0.25) is 9.59 Å². The summed E-state index contributed by atoms with van der Waals surface area (Å²) in [6.07, 6.45) is 8.78. The van der Waals surface area contributed by atoms with Crippen LogP contribution in [0, 0.1) is 11.8 Å². The highest BCUT2D eigenvalue weighted by Crippen LogP contribution is 2.51. The zero-order valence-corrected chi connectivity index (χ0v) is 28.9. The molecule has 2 amide bonds. The molecular formula is C30H31Br2N5O5S2. The van der Waals surface area contributed by atoms with Gasteiger partial charge in [0.15, 0.2) is 18.9 Å². The minimum absolute atomic E-state index is 0. The van der Waals surface area contributed by atoms with Crippen LogP contribution in [0.1, 0.15) is 40.2 Å². The number of hydrogen-bond acceptors (Lipinski definition) is 6. The fourth-order valence-corrected chi connectivity index (χ4v) is 8.45. The van der Waals surface area contributed by atoms with Crippen LogP contribution in [0.5, 0.6) is 0 Å². The lowest BCUT2D eigenvalue weighted by molar-refractivity contribution is -0.688. The number of carboxylic acid groups (broad SMARTS) is 1. The molecule has 1 saturated heterocycles. The highest BCUT2D eigenvalue weighted by molar-refractivity contribution is 7.98. The van der Waals surface area contributed by atoms with Gasteiger partial charge in [0, 0.05) is 23.1 Å². The number of benzene rings is 1. The average molecular weight is 766 g/mol. The molecular weight excluding hydrogens is 734 g/mol. The van der Waals surface area contributed by atoms with Crippen LogP contribution in [0.25, 0.3) is 10.4 Å². The number of halogens is 2. The summed E-state index contributed by atoms with van der Waals surface area (Å²) in [5.41, 5.74) is 8.76. The van der Waals surface area contributed by atoms with E-state index in [1.165, 1.54) is 16.2 Å². The van der Waals surface area contributed by atoms with Gasteiger partial charge in [-0.05, 0) is 30.9 Å². The first kappa shape index (κ1) is 33.8. The highest BCUT2D eigenvalue weighted by Gasteiger charge is 2.60. The number of β-lactam (4-membered cyclic amide) rings is 1. The number of hydrogen-bond donors (Lipinski definition) is 3. The highest BCUT2D eigenvalue weighted by atomic mass is 79.9. The molecule has 0 radical (unpaired) electrons. The van der Waals surface area contributed by atoms with Crippen molar-refractivity contribution in [1.82, 2.24) is 9.47 Å². The number of carbonyl (C=O) groups excluding carboxylic acids is 2. The van der Waals surface area contributed by atoms with Crippen LogP contribution in [0.3, 0.4) is 0 Å². The van der Waals surface area contributed by atoms with Crippen molar-refractivity contribution < 1.29 is 67.5 Å². The Morgan fingerprint density at radius 2 is 1.89 bits per heavy atom. The smallest absolute Gasteiger partial charge is 0.352 e. The van der Waals surface area contributed by atoms with Crippen molar-refractivity contribution in [3.05, 3.63) is 88.6 Å². The number of nitrogens with zero attached hydrogens (tertiary/aromatic N) is 4. The van der Waals surface area contributed by atoms with Gasteiger partial charge in [-0.15, -0.1) is 0 Å². The number of aliphatic hydroxyl groups excluding tert-OH is 1. The van der Waals surface area contributed by atoms with Crippen LogP contribution >= 0.6 is 23.1 Å². The SMILES string of the molecule is CSc1c2sc(C3=C(C(=O)O)N4C(=O)[C@H]([C@@H](C)O)[C@@H]4[C@H]3C)c[n+]2cn1Cc1cccc(C[n+]2cccc(C(N)=O)c2)c1.[Br-].[Br-]. The molecule has 0 bridgehead atoms. The van der Waals surface area contributed by atoms with Crippen LogP contribution in [0.2, 0.25) is 0 Å². The maximum absolute atomic E-state index is 12.8. The van der Waals surface area contributed by atoms with Gasteiger partial charge >= 0.3 is 5.97 Å². The number of carbonyl (C=O) groups is 3. The second-order valence-electron chi connectivity index (χ2n) is 10.8. The van der Waals surface area contributed by atoms with Crippen molar-refractivity contribution in [2.45, 2.75) is 44.1 Å². The Morgan fingerprint density at radius 3 is 2.55 bits per heavy atom. The molecule has 232 valence electrons. The van der Waals surface area contributed by atoms with Crippen molar-refractivity contribution in [2.75, 3.05) is 6.26 Å². The fraction of sp³-hybridized carbons (Fsp3) is 0.300. The molecule has 2 aliphatic heterocycles. The van der Waals surface area contributed by atoms with E-state index in [0.29, 0.717) is 24.2 Å². The number of nitrogens with two attached hydrogens (primary N) is 1. The number of carboxylic acids is 1. The van der Waals surface area contributed by atoms with Crippen LogP contribution < -0.4 is 48.7 Å². The van der Waals surface area contributed by atoms with Crippen LogP contribution in [-0.4, -0.2) is 55.9 Å². The minimum atomic E-state index is -1.13. The number of rotatable bonds is 9. The summed E-state index contributed by atoms with van der Waals surface area (Å²) < 4.78 is 6.12. The molecule has 4 N–H and O–H groups in total. The maximum Gasteiger partial charge on any atom is 0.352 e. The fourth-order valence-electron chi connectivity index (χ4n) is 6.27. The zero-order valence-electron chi connectivity index (χ0n) is 24.1. The summed E-state index contributed by atoms with van der Waals surface area (Å²) in [5.74, 6) is -2.74. The third-order valence-electron chi connectivity index (χ3n) is 8.09. The van der Waals surface area contributed by atoms with Gasteiger partial charge in [0.1, 0.15) is 24.0 Å². The van der Waals surface area contributed by atoms with Gasteiger partial charge < -0.3 is 54.8 Å². The van der Waals surface area contributed by atoms with E-state index in [1.54, 1.807) is 37.0 Å². The van der Waals surface area contributed by atoms with Crippen molar-refractivity contribution in [2.24, 2.45) is 17.6 Å². The Bertz CT molecular complexity index is 1800. The van der Waals surface area contributed by atoms with E-state index >= 15 is 0 Å². The first-order valence-corrected chi connectivity index (χ1v) is 15.6. The number of pyridine rings is 1. The third-order valence-corrected chi connectivity index (χ3v) is 10.2. The molecule has 2 aliphatic rings. The van der Waals surface area contributed by atoms with Crippen LogP contribution in [0.4, 0.5) is 0 Å². The summed E-state index contributed by atoms with van der Waals surface area (Å²) in [6, 6.07) is 11.4. The van der Waals surface area contributed by atoms with E-state index in [2.05, 4.69) is 16.7 Å². The monoisotopic (exact) mass is 763 g/mol. The molecule has 0 spiro atoms. The number of aromatic nitrogens is 3. The first-order valence-electron chi connectivity index (χ1n) is 13.5. The number of primary amides is 1. The Morgan fingerprint density at radius 1 is 1.16 bits per heavy atom. The first-order chi connectivity index (χ1) is 20.1. The maximum atomic E-state index is 12.8. The van der Waals surface area contributed by atoms with E-state index in [0.717, 1.165) is 25.9 Å². The lowest BCUT2D eigenvalue weighted by Gasteiger charge is -2.46. The van der Waals surface area contributed by atoms with Crippen LogP contribution in [0.15, 0.2) is 72.0 Å². The summed E-state index contributed by atoms with van der Waals surface area (Å²) in [7, 11) is 0. The number of thioether (sulfide) groups is 1. The van der Waals surface area contributed by atoms with Gasteiger partial charge in [-0.1, -0.05) is 48.2 Å². The number of aliphatic carboxylic acids is 1. The molecule has 44 heavy (non-hydrogen) atoms. The van der Waals surface area contributed by atoms with Crippen LogP contribution in [-0.2, 0) is 22.7 Å². The van der Waals surface area contributed by atoms with E-state index in [9.17, 15) is 24.6 Å². The largest absolute Gasteiger partial charge is 1.00 e. The van der Waals surface area contributed by atoms with Gasteiger partial charge in [0.05, 0.1) is 22.9 Å². The molecule has 5 heterocycles. The van der Waals surface area contributed by atoms with Gasteiger partial charge in [-0.2, -0.15) is 8.97 Å². The van der Waals surface area contributed by atoms with E-state index < -0.39 is 23.9 Å². The molecule has 3 aromatic heterocycles. The molecule has 1 fully saturated rings. The van der Waals surface area contributed by atoms with Crippen molar-refractivity contribution in [1.29, 1.82) is 0 Å². The number of amides is 2. The summed E-state index contributed by atoms with van der Waals surface area (Å²) in [5, 5.41) is 21.3.